The maximum absolute atomic E-state index is 4.81. The predicted octanol–water partition coefficient (Wildman–Crippen LogP) is 2.66. The second kappa shape index (κ2) is 10.1. The summed E-state index contributed by atoms with van der Waals surface area (Å²) in [4.78, 5) is 7.38. The Morgan fingerprint density at radius 1 is 1.07 bits per heavy atom. The first-order chi connectivity index (χ1) is 13.3. The van der Waals surface area contributed by atoms with Gasteiger partial charge in [-0.3, -0.25) is 9.58 Å². The van der Waals surface area contributed by atoms with Crippen LogP contribution in [0.1, 0.15) is 43.0 Å². The SMILES string of the molecule is CCNC(=NCc1ccccc1CN1CCCCC1)NCc1ccnn1C. The molecule has 3 rings (SSSR count). The van der Waals surface area contributed by atoms with Crippen molar-refractivity contribution in [3.63, 3.8) is 0 Å². The van der Waals surface area contributed by atoms with Gasteiger partial charge >= 0.3 is 0 Å². The molecule has 1 aromatic heterocycles. The molecule has 0 saturated carbocycles. The Balaban J connectivity index is 1.63. The van der Waals surface area contributed by atoms with Crippen molar-refractivity contribution in [3.05, 3.63) is 53.3 Å². The number of nitrogens with zero attached hydrogens (tertiary/aromatic N) is 4. The zero-order chi connectivity index (χ0) is 18.9. The van der Waals surface area contributed by atoms with Crippen molar-refractivity contribution in [1.82, 2.24) is 25.3 Å². The van der Waals surface area contributed by atoms with Crippen LogP contribution < -0.4 is 10.6 Å². The Bertz CT molecular complexity index is 730. The molecule has 0 amide bonds. The topological polar surface area (TPSA) is 57.5 Å². The van der Waals surface area contributed by atoms with E-state index in [0.29, 0.717) is 13.1 Å². The Labute approximate surface area is 162 Å². The molecule has 0 bridgehead atoms. The van der Waals surface area contributed by atoms with Crippen molar-refractivity contribution in [2.45, 2.75) is 45.8 Å². The van der Waals surface area contributed by atoms with E-state index in [9.17, 15) is 0 Å². The highest BCUT2D eigenvalue weighted by molar-refractivity contribution is 5.79. The molecule has 6 heteroatoms. The lowest BCUT2D eigenvalue weighted by molar-refractivity contribution is 0.220. The minimum Gasteiger partial charge on any atom is -0.357 e. The molecule has 2 N–H and O–H groups in total. The molecule has 146 valence electrons. The fraction of sp³-hybridized carbons (Fsp3) is 0.524. The molecule has 0 aliphatic carbocycles. The van der Waals surface area contributed by atoms with Crippen molar-refractivity contribution in [2.24, 2.45) is 12.0 Å². The van der Waals surface area contributed by atoms with Crippen LogP contribution in [0.2, 0.25) is 0 Å². The Morgan fingerprint density at radius 2 is 1.85 bits per heavy atom. The lowest BCUT2D eigenvalue weighted by Crippen LogP contribution is -2.37. The molecule has 1 aromatic carbocycles. The number of piperidine rings is 1. The van der Waals surface area contributed by atoms with Gasteiger partial charge in [-0.05, 0) is 50.0 Å². The zero-order valence-corrected chi connectivity index (χ0v) is 16.6. The fourth-order valence-electron chi connectivity index (χ4n) is 3.48. The number of hydrogen-bond acceptors (Lipinski definition) is 3. The molecule has 1 aliphatic heterocycles. The lowest BCUT2D eigenvalue weighted by atomic mass is 10.1. The van der Waals surface area contributed by atoms with Gasteiger partial charge in [0.25, 0.3) is 0 Å². The van der Waals surface area contributed by atoms with Crippen molar-refractivity contribution < 1.29 is 0 Å². The molecule has 27 heavy (non-hydrogen) atoms. The van der Waals surface area contributed by atoms with Crippen LogP contribution in [-0.4, -0.2) is 40.3 Å². The lowest BCUT2D eigenvalue weighted by Gasteiger charge is -2.27. The number of aromatic nitrogens is 2. The van der Waals surface area contributed by atoms with E-state index in [1.54, 1.807) is 0 Å². The van der Waals surface area contributed by atoms with Crippen LogP contribution in [0.4, 0.5) is 0 Å². The number of hydrogen-bond donors (Lipinski definition) is 2. The van der Waals surface area contributed by atoms with Crippen LogP contribution in [0.3, 0.4) is 0 Å². The van der Waals surface area contributed by atoms with E-state index in [2.05, 4.69) is 51.8 Å². The summed E-state index contributed by atoms with van der Waals surface area (Å²) in [5, 5.41) is 10.9. The molecule has 6 nitrogen and oxygen atoms in total. The number of rotatable bonds is 7. The molecule has 0 atom stereocenters. The summed E-state index contributed by atoms with van der Waals surface area (Å²) in [7, 11) is 1.96. The summed E-state index contributed by atoms with van der Waals surface area (Å²) >= 11 is 0. The van der Waals surface area contributed by atoms with Crippen molar-refractivity contribution >= 4 is 5.96 Å². The van der Waals surface area contributed by atoms with E-state index < -0.39 is 0 Å². The monoisotopic (exact) mass is 368 g/mol. The number of likely N-dealkylation sites (tertiary alicyclic amines) is 1. The summed E-state index contributed by atoms with van der Waals surface area (Å²) in [5.41, 5.74) is 3.83. The first kappa shape index (κ1) is 19.4. The van der Waals surface area contributed by atoms with Crippen molar-refractivity contribution in [1.29, 1.82) is 0 Å². The van der Waals surface area contributed by atoms with Gasteiger partial charge in [0.05, 0.1) is 18.8 Å². The van der Waals surface area contributed by atoms with Crippen LogP contribution in [0.15, 0.2) is 41.5 Å². The second-order valence-corrected chi connectivity index (χ2v) is 7.10. The third-order valence-corrected chi connectivity index (χ3v) is 5.07. The van der Waals surface area contributed by atoms with Gasteiger partial charge in [0.2, 0.25) is 0 Å². The fourth-order valence-corrected chi connectivity index (χ4v) is 3.48. The zero-order valence-electron chi connectivity index (χ0n) is 16.6. The standard InChI is InChI=1S/C21H32N6/c1-3-22-21(24-16-20-11-12-25-26(20)2)23-15-18-9-5-6-10-19(18)17-27-13-7-4-8-14-27/h5-6,9-12H,3-4,7-8,13-17H2,1-2H3,(H2,22,23,24). The molecule has 2 heterocycles. The van der Waals surface area contributed by atoms with Gasteiger partial charge < -0.3 is 10.6 Å². The Morgan fingerprint density at radius 3 is 2.56 bits per heavy atom. The number of aliphatic imine (C=N–C) groups is 1. The number of guanidine groups is 1. The third-order valence-electron chi connectivity index (χ3n) is 5.07. The van der Waals surface area contributed by atoms with Crippen LogP contribution >= 0.6 is 0 Å². The number of benzene rings is 1. The Hall–Kier alpha value is -2.34. The molecule has 2 aromatic rings. The highest BCUT2D eigenvalue weighted by atomic mass is 15.3. The maximum Gasteiger partial charge on any atom is 0.191 e. The maximum atomic E-state index is 4.81. The molecular formula is C21H32N6. The summed E-state index contributed by atoms with van der Waals surface area (Å²) in [5.74, 6) is 0.839. The van der Waals surface area contributed by atoms with Gasteiger partial charge in [-0.2, -0.15) is 5.10 Å². The highest BCUT2D eigenvalue weighted by Crippen LogP contribution is 2.16. The van der Waals surface area contributed by atoms with Crippen molar-refractivity contribution in [2.75, 3.05) is 19.6 Å². The van der Waals surface area contributed by atoms with E-state index >= 15 is 0 Å². The van der Waals surface area contributed by atoms with Crippen LogP contribution in [0.5, 0.6) is 0 Å². The average molecular weight is 369 g/mol. The Kier molecular flexibility index (Phi) is 7.27. The van der Waals surface area contributed by atoms with Gasteiger partial charge in [0.15, 0.2) is 5.96 Å². The molecular weight excluding hydrogens is 336 g/mol. The van der Waals surface area contributed by atoms with Gasteiger partial charge in [0, 0.05) is 26.3 Å². The average Bonchev–Trinajstić information content (AvgIpc) is 3.11. The van der Waals surface area contributed by atoms with E-state index in [1.807, 2.05) is 24.0 Å². The first-order valence-electron chi connectivity index (χ1n) is 10.0. The normalized spacial score (nSPS) is 15.7. The van der Waals surface area contributed by atoms with E-state index in [0.717, 1.165) is 24.7 Å². The summed E-state index contributed by atoms with van der Waals surface area (Å²) in [6, 6.07) is 10.7. The van der Waals surface area contributed by atoms with Crippen LogP contribution in [-0.2, 0) is 26.7 Å². The smallest absolute Gasteiger partial charge is 0.191 e. The highest BCUT2D eigenvalue weighted by Gasteiger charge is 2.12. The number of nitrogens with one attached hydrogen (secondary N) is 2. The molecule has 1 saturated heterocycles. The van der Waals surface area contributed by atoms with E-state index in [4.69, 9.17) is 4.99 Å². The summed E-state index contributed by atoms with van der Waals surface area (Å²) < 4.78 is 1.88. The molecule has 0 unspecified atom stereocenters. The van der Waals surface area contributed by atoms with Gasteiger partial charge in [0.1, 0.15) is 0 Å². The van der Waals surface area contributed by atoms with Crippen molar-refractivity contribution in [3.8, 4) is 0 Å². The van der Waals surface area contributed by atoms with Crippen LogP contribution in [0.25, 0.3) is 0 Å². The summed E-state index contributed by atoms with van der Waals surface area (Å²) in [6.45, 7) is 7.78. The summed E-state index contributed by atoms with van der Waals surface area (Å²) in [6.07, 6.45) is 5.83. The van der Waals surface area contributed by atoms with E-state index in [-0.39, 0.29) is 0 Å². The molecule has 1 aliphatic rings. The van der Waals surface area contributed by atoms with Gasteiger partial charge in [-0.25, -0.2) is 4.99 Å². The number of aryl methyl sites for hydroxylation is 1. The quantitative estimate of drug-likeness (QED) is 0.583. The minimum atomic E-state index is 0.685. The predicted molar refractivity (Wildman–Crippen MR) is 110 cm³/mol. The second-order valence-electron chi connectivity index (χ2n) is 7.10. The van der Waals surface area contributed by atoms with Crippen LogP contribution in [0, 0.1) is 0 Å². The first-order valence-corrected chi connectivity index (χ1v) is 10.0. The molecule has 1 fully saturated rings. The largest absolute Gasteiger partial charge is 0.357 e. The van der Waals surface area contributed by atoms with E-state index in [1.165, 1.54) is 43.5 Å². The third kappa shape index (κ3) is 5.82. The molecule has 0 radical (unpaired) electrons. The molecule has 0 spiro atoms. The van der Waals surface area contributed by atoms with Gasteiger partial charge in [-0.15, -0.1) is 0 Å². The van der Waals surface area contributed by atoms with Gasteiger partial charge in [-0.1, -0.05) is 30.7 Å². The minimum absolute atomic E-state index is 0.685.